The molecule has 0 amide bonds. The van der Waals surface area contributed by atoms with Gasteiger partial charge < -0.3 is 14.2 Å². The smallest absolute Gasteiger partial charge is 0.303 e. The van der Waals surface area contributed by atoms with Gasteiger partial charge in [-0.15, -0.1) is 0 Å². The van der Waals surface area contributed by atoms with Crippen LogP contribution in [0.1, 0.15) is 37.6 Å². The van der Waals surface area contributed by atoms with E-state index in [0.717, 1.165) is 0 Å². The fourth-order valence-electron chi connectivity index (χ4n) is 4.01. The summed E-state index contributed by atoms with van der Waals surface area (Å²) in [6.07, 6.45) is -2.30. The summed E-state index contributed by atoms with van der Waals surface area (Å²) < 4.78 is 57.7. The summed E-state index contributed by atoms with van der Waals surface area (Å²) in [5.41, 5.74) is -1.01. The quantitative estimate of drug-likeness (QED) is 0.208. The number of benzene rings is 2. The SMILES string of the molecule is CC(=O)OCC1O[C@H](Sc2ccc(Cl)c(Cl)c2)C(C)[C@@H](CC(=O)c2cc(F)c(F)c(F)c2)[C@H]1OC(C)=O. The van der Waals surface area contributed by atoms with E-state index < -0.39 is 64.7 Å². The molecule has 2 aromatic carbocycles. The van der Waals surface area contributed by atoms with E-state index >= 15 is 0 Å². The van der Waals surface area contributed by atoms with Crippen molar-refractivity contribution in [2.45, 2.75) is 49.7 Å². The van der Waals surface area contributed by atoms with Gasteiger partial charge in [0, 0.05) is 36.6 Å². The number of thioether (sulfide) groups is 1. The second-order valence-electron chi connectivity index (χ2n) is 8.52. The largest absolute Gasteiger partial charge is 0.463 e. The molecule has 6 nitrogen and oxygen atoms in total. The van der Waals surface area contributed by atoms with Crippen LogP contribution in [0.5, 0.6) is 0 Å². The number of ketones is 1. The van der Waals surface area contributed by atoms with E-state index in [9.17, 15) is 27.6 Å². The van der Waals surface area contributed by atoms with Crippen molar-refractivity contribution in [1.29, 1.82) is 0 Å². The monoisotopic (exact) mass is 578 g/mol. The Morgan fingerprint density at radius 2 is 1.65 bits per heavy atom. The first-order chi connectivity index (χ1) is 17.4. The van der Waals surface area contributed by atoms with Gasteiger partial charge in [0.15, 0.2) is 23.2 Å². The molecule has 2 unspecified atom stereocenters. The standard InChI is InChI=1S/C25H23Cl2F3O6S/c1-11-16(9-21(33)14-6-19(28)23(30)20(29)7-14)24(35-13(3)32)22(10-34-12(2)31)36-25(11)37-15-4-5-17(26)18(27)8-15/h4-8,11,16,22,24-25H,9-10H2,1-3H3/t11?,16-,22?,24-,25-/m1/s1. The van der Waals surface area contributed by atoms with Crippen molar-refractivity contribution < 1.29 is 41.8 Å². The van der Waals surface area contributed by atoms with Gasteiger partial charge in [0.2, 0.25) is 0 Å². The number of halogens is 5. The maximum Gasteiger partial charge on any atom is 0.303 e. The summed E-state index contributed by atoms with van der Waals surface area (Å²) in [7, 11) is 0. The number of hydrogen-bond donors (Lipinski definition) is 0. The second-order valence-corrected chi connectivity index (χ2v) is 10.5. The molecule has 0 radical (unpaired) electrons. The first kappa shape index (κ1) is 29.3. The summed E-state index contributed by atoms with van der Waals surface area (Å²) in [6, 6.07) is 6.19. The Kier molecular flexibility index (Phi) is 9.91. The maximum atomic E-state index is 13.8. The van der Waals surface area contributed by atoms with Crippen molar-refractivity contribution in [1.82, 2.24) is 0 Å². The van der Waals surface area contributed by atoms with Crippen LogP contribution in [0.3, 0.4) is 0 Å². The van der Waals surface area contributed by atoms with Crippen molar-refractivity contribution in [3.05, 3.63) is 63.4 Å². The highest BCUT2D eigenvalue weighted by molar-refractivity contribution is 7.99. The van der Waals surface area contributed by atoms with Crippen LogP contribution >= 0.6 is 35.0 Å². The summed E-state index contributed by atoms with van der Waals surface area (Å²) in [4.78, 5) is 37.2. The van der Waals surface area contributed by atoms with Crippen molar-refractivity contribution in [3.63, 3.8) is 0 Å². The van der Waals surface area contributed by atoms with Gasteiger partial charge in [-0.1, -0.05) is 41.9 Å². The Balaban J connectivity index is 1.95. The topological polar surface area (TPSA) is 78.9 Å². The number of Topliss-reactive ketones (excluding diaryl/α,β-unsaturated/α-hetero) is 1. The van der Waals surface area contributed by atoms with Crippen LogP contribution in [0.25, 0.3) is 0 Å². The maximum absolute atomic E-state index is 13.8. The molecular formula is C25H23Cl2F3O6S. The predicted molar refractivity (Wildman–Crippen MR) is 131 cm³/mol. The highest BCUT2D eigenvalue weighted by atomic mass is 35.5. The van der Waals surface area contributed by atoms with E-state index in [1.165, 1.54) is 25.6 Å². The van der Waals surface area contributed by atoms with E-state index in [4.69, 9.17) is 37.4 Å². The van der Waals surface area contributed by atoms with Crippen molar-refractivity contribution >= 4 is 52.7 Å². The Morgan fingerprint density at radius 3 is 2.22 bits per heavy atom. The molecule has 1 heterocycles. The summed E-state index contributed by atoms with van der Waals surface area (Å²) >= 11 is 13.4. The third-order valence-corrected chi connectivity index (χ3v) is 7.86. The minimum Gasteiger partial charge on any atom is -0.463 e. The van der Waals surface area contributed by atoms with Gasteiger partial charge in [0.05, 0.1) is 10.0 Å². The molecule has 37 heavy (non-hydrogen) atoms. The lowest BCUT2D eigenvalue weighted by molar-refractivity contribution is -0.193. The number of ether oxygens (including phenoxy) is 3. The molecule has 2 aromatic rings. The van der Waals surface area contributed by atoms with Gasteiger partial charge in [0.1, 0.15) is 24.3 Å². The normalized spacial score (nSPS) is 23.4. The van der Waals surface area contributed by atoms with Gasteiger partial charge in [-0.2, -0.15) is 0 Å². The molecule has 5 atom stereocenters. The zero-order valence-electron chi connectivity index (χ0n) is 19.9. The molecule has 0 aliphatic carbocycles. The molecule has 1 aliphatic heterocycles. The summed E-state index contributed by atoms with van der Waals surface area (Å²) in [5, 5.41) is 0.671. The number of carbonyl (C=O) groups excluding carboxylic acids is 3. The molecule has 1 fully saturated rings. The zero-order chi connectivity index (χ0) is 27.4. The van der Waals surface area contributed by atoms with Gasteiger partial charge in [0.25, 0.3) is 0 Å². The number of esters is 2. The molecule has 0 N–H and O–H groups in total. The van der Waals surface area contributed by atoms with E-state index in [1.807, 2.05) is 0 Å². The van der Waals surface area contributed by atoms with Crippen molar-refractivity contribution in [3.8, 4) is 0 Å². The summed E-state index contributed by atoms with van der Waals surface area (Å²) in [6.45, 7) is 3.86. The van der Waals surface area contributed by atoms with Crippen LogP contribution in [0.2, 0.25) is 10.0 Å². The molecule has 3 rings (SSSR count). The molecule has 1 aliphatic rings. The Labute approximate surface area is 225 Å². The van der Waals surface area contributed by atoms with Crippen LogP contribution in [0.15, 0.2) is 35.2 Å². The average Bonchev–Trinajstić information content (AvgIpc) is 2.82. The van der Waals surface area contributed by atoms with Gasteiger partial charge in [-0.3, -0.25) is 14.4 Å². The van der Waals surface area contributed by atoms with Gasteiger partial charge >= 0.3 is 11.9 Å². The minimum absolute atomic E-state index is 0.275. The lowest BCUT2D eigenvalue weighted by Gasteiger charge is -2.44. The molecule has 0 spiro atoms. The fraction of sp³-hybridized carbons (Fsp3) is 0.400. The summed E-state index contributed by atoms with van der Waals surface area (Å²) in [5.74, 6) is -7.82. The molecule has 0 aromatic heterocycles. The Morgan fingerprint density at radius 1 is 1.00 bits per heavy atom. The number of rotatable bonds is 8. The number of carbonyl (C=O) groups is 3. The molecule has 1 saturated heterocycles. The third-order valence-electron chi connectivity index (χ3n) is 5.83. The van der Waals surface area contributed by atoms with Crippen molar-refractivity contribution in [2.24, 2.45) is 11.8 Å². The highest BCUT2D eigenvalue weighted by Gasteiger charge is 2.47. The molecule has 0 bridgehead atoms. The Hall–Kier alpha value is -2.27. The average molecular weight is 579 g/mol. The zero-order valence-corrected chi connectivity index (χ0v) is 22.3. The van der Waals surface area contributed by atoms with Crippen LogP contribution in [0, 0.1) is 29.3 Å². The van der Waals surface area contributed by atoms with E-state index in [-0.39, 0.29) is 18.6 Å². The van der Waals surface area contributed by atoms with Crippen molar-refractivity contribution in [2.75, 3.05) is 6.61 Å². The Bertz CT molecular complexity index is 1170. The van der Waals surface area contributed by atoms with Crippen LogP contribution in [-0.2, 0) is 23.8 Å². The highest BCUT2D eigenvalue weighted by Crippen LogP contribution is 2.43. The van der Waals surface area contributed by atoms with Crippen LogP contribution < -0.4 is 0 Å². The molecule has 200 valence electrons. The molecule has 12 heteroatoms. The predicted octanol–water partition coefficient (Wildman–Crippen LogP) is 6.25. The minimum atomic E-state index is -1.69. The van der Waals surface area contributed by atoms with Gasteiger partial charge in [-0.25, -0.2) is 13.2 Å². The first-order valence-corrected chi connectivity index (χ1v) is 12.8. The van der Waals surface area contributed by atoms with E-state index in [1.54, 1.807) is 25.1 Å². The van der Waals surface area contributed by atoms with Crippen LogP contribution in [0.4, 0.5) is 13.2 Å². The third kappa shape index (κ3) is 7.40. The first-order valence-electron chi connectivity index (χ1n) is 11.1. The van der Waals surface area contributed by atoms with Crippen LogP contribution in [-0.4, -0.2) is 42.0 Å². The second kappa shape index (κ2) is 12.5. The van der Waals surface area contributed by atoms with E-state index in [2.05, 4.69) is 0 Å². The lowest BCUT2D eigenvalue weighted by atomic mass is 9.79. The fourth-order valence-corrected chi connectivity index (χ4v) is 5.59. The lowest BCUT2D eigenvalue weighted by Crippen LogP contribution is -2.53. The number of hydrogen-bond acceptors (Lipinski definition) is 7. The van der Waals surface area contributed by atoms with E-state index in [0.29, 0.717) is 27.1 Å². The molecular weight excluding hydrogens is 556 g/mol. The molecule has 0 saturated carbocycles. The van der Waals surface area contributed by atoms with Gasteiger partial charge in [-0.05, 0) is 36.2 Å².